The molecule has 1 atom stereocenters. The Morgan fingerprint density at radius 3 is 2.71 bits per heavy atom. The Morgan fingerprint density at radius 1 is 1.43 bits per heavy atom. The highest BCUT2D eigenvalue weighted by Gasteiger charge is 2.33. The summed E-state index contributed by atoms with van der Waals surface area (Å²) in [4.78, 5) is 2.20. The van der Waals surface area contributed by atoms with Crippen LogP contribution in [0.15, 0.2) is 23.1 Å². The van der Waals surface area contributed by atoms with E-state index in [1.54, 1.807) is 7.05 Å². The van der Waals surface area contributed by atoms with Gasteiger partial charge in [-0.3, -0.25) is 0 Å². The van der Waals surface area contributed by atoms with Crippen LogP contribution in [-0.2, 0) is 16.6 Å². The molecule has 21 heavy (non-hydrogen) atoms. The van der Waals surface area contributed by atoms with Gasteiger partial charge in [0.25, 0.3) is 0 Å². The molecule has 1 aliphatic heterocycles. The molecular formula is C14H22FN3O2S. The maximum atomic E-state index is 13.6. The number of hydrogen-bond donors (Lipinski definition) is 1. The van der Waals surface area contributed by atoms with Crippen molar-refractivity contribution in [2.75, 3.05) is 34.2 Å². The van der Waals surface area contributed by atoms with E-state index in [2.05, 4.69) is 5.32 Å². The van der Waals surface area contributed by atoms with Gasteiger partial charge in [0.15, 0.2) is 0 Å². The summed E-state index contributed by atoms with van der Waals surface area (Å²) in [6.07, 6.45) is 0.816. The molecular weight excluding hydrogens is 293 g/mol. The first-order valence-electron chi connectivity index (χ1n) is 6.96. The summed E-state index contributed by atoms with van der Waals surface area (Å²) in [6.45, 7) is 1.29. The highest BCUT2D eigenvalue weighted by atomic mass is 32.2. The fourth-order valence-electron chi connectivity index (χ4n) is 2.54. The Kier molecular flexibility index (Phi) is 4.98. The first-order valence-corrected chi connectivity index (χ1v) is 8.40. The summed E-state index contributed by atoms with van der Waals surface area (Å²) >= 11 is 0. The van der Waals surface area contributed by atoms with Crippen molar-refractivity contribution in [1.82, 2.24) is 14.5 Å². The number of benzene rings is 1. The molecule has 0 spiro atoms. The molecule has 1 fully saturated rings. The molecule has 118 valence electrons. The first-order chi connectivity index (χ1) is 9.86. The van der Waals surface area contributed by atoms with Gasteiger partial charge in [-0.05, 0) is 45.8 Å². The molecule has 1 N–H and O–H groups in total. The van der Waals surface area contributed by atoms with Crippen molar-refractivity contribution in [3.63, 3.8) is 0 Å². The minimum absolute atomic E-state index is 0.161. The van der Waals surface area contributed by atoms with E-state index in [0.29, 0.717) is 25.2 Å². The van der Waals surface area contributed by atoms with Crippen LogP contribution in [-0.4, -0.2) is 57.9 Å². The first kappa shape index (κ1) is 16.4. The van der Waals surface area contributed by atoms with Gasteiger partial charge in [0.1, 0.15) is 5.82 Å². The number of likely N-dealkylation sites (N-methyl/N-ethyl adjacent to an activating group) is 1. The molecule has 0 aliphatic carbocycles. The molecule has 0 aromatic heterocycles. The molecule has 1 unspecified atom stereocenters. The van der Waals surface area contributed by atoms with Gasteiger partial charge in [0.2, 0.25) is 10.0 Å². The van der Waals surface area contributed by atoms with Crippen LogP contribution < -0.4 is 5.32 Å². The van der Waals surface area contributed by atoms with Crippen molar-refractivity contribution in [3.05, 3.63) is 29.6 Å². The molecule has 7 heteroatoms. The second kappa shape index (κ2) is 6.39. The maximum absolute atomic E-state index is 13.6. The normalized spacial score (nSPS) is 20.3. The van der Waals surface area contributed by atoms with E-state index in [1.807, 2.05) is 19.0 Å². The quantitative estimate of drug-likeness (QED) is 0.876. The second-order valence-corrected chi connectivity index (χ2v) is 7.49. The van der Waals surface area contributed by atoms with Crippen molar-refractivity contribution < 1.29 is 12.8 Å². The summed E-state index contributed by atoms with van der Waals surface area (Å²) in [5.41, 5.74) is 0.363. The van der Waals surface area contributed by atoms with Crippen LogP contribution in [0.2, 0.25) is 0 Å². The van der Waals surface area contributed by atoms with Crippen molar-refractivity contribution in [3.8, 4) is 0 Å². The minimum atomic E-state index is -3.55. The SMILES string of the molecule is CNCc1cc(S(=O)(=O)N2CCC(N(C)C)C2)ccc1F. The summed E-state index contributed by atoms with van der Waals surface area (Å²) in [6, 6.07) is 4.22. The van der Waals surface area contributed by atoms with E-state index in [-0.39, 0.29) is 10.9 Å². The summed E-state index contributed by atoms with van der Waals surface area (Å²) in [5.74, 6) is -0.393. The molecule has 0 bridgehead atoms. The molecule has 5 nitrogen and oxygen atoms in total. The lowest BCUT2D eigenvalue weighted by atomic mass is 10.2. The summed E-state index contributed by atoms with van der Waals surface area (Å²) in [7, 11) is 2.04. The lowest BCUT2D eigenvalue weighted by molar-refractivity contribution is 0.302. The Balaban J connectivity index is 2.26. The predicted octanol–water partition coefficient (Wildman–Crippen LogP) is 0.870. The topological polar surface area (TPSA) is 52.7 Å². The Bertz CT molecular complexity index is 604. The molecule has 0 saturated carbocycles. The van der Waals surface area contributed by atoms with Gasteiger partial charge >= 0.3 is 0 Å². The molecule has 1 heterocycles. The third kappa shape index (κ3) is 3.42. The van der Waals surface area contributed by atoms with Crippen LogP contribution >= 0.6 is 0 Å². The van der Waals surface area contributed by atoms with Gasteiger partial charge in [-0.25, -0.2) is 12.8 Å². The van der Waals surface area contributed by atoms with E-state index in [4.69, 9.17) is 0 Å². The van der Waals surface area contributed by atoms with E-state index >= 15 is 0 Å². The molecule has 2 rings (SSSR count). The van der Waals surface area contributed by atoms with Gasteiger partial charge in [-0.1, -0.05) is 0 Å². The van der Waals surface area contributed by atoms with Crippen LogP contribution in [0.4, 0.5) is 4.39 Å². The van der Waals surface area contributed by atoms with Crippen molar-refractivity contribution >= 4 is 10.0 Å². The zero-order valence-electron chi connectivity index (χ0n) is 12.6. The number of halogens is 1. The molecule has 1 aromatic carbocycles. The fourth-order valence-corrected chi connectivity index (χ4v) is 4.08. The van der Waals surface area contributed by atoms with Crippen LogP contribution in [0.25, 0.3) is 0 Å². The smallest absolute Gasteiger partial charge is 0.243 e. The second-order valence-electron chi connectivity index (χ2n) is 5.55. The number of nitrogens with zero attached hydrogens (tertiary/aromatic N) is 2. The summed E-state index contributed by atoms with van der Waals surface area (Å²) in [5, 5.41) is 2.84. The Hall–Kier alpha value is -1.02. The predicted molar refractivity (Wildman–Crippen MR) is 80.0 cm³/mol. The Labute approximate surface area is 125 Å². The van der Waals surface area contributed by atoms with Crippen molar-refractivity contribution in [2.45, 2.75) is 23.9 Å². The molecule has 1 aliphatic rings. The zero-order chi connectivity index (χ0) is 15.6. The average Bonchev–Trinajstić information content (AvgIpc) is 2.92. The average molecular weight is 315 g/mol. The van der Waals surface area contributed by atoms with Crippen LogP contribution in [0, 0.1) is 5.82 Å². The highest BCUT2D eigenvalue weighted by molar-refractivity contribution is 7.89. The number of sulfonamides is 1. The summed E-state index contributed by atoms with van der Waals surface area (Å²) < 4.78 is 40.4. The van der Waals surface area contributed by atoms with Gasteiger partial charge in [-0.2, -0.15) is 4.31 Å². The highest BCUT2D eigenvalue weighted by Crippen LogP contribution is 2.24. The van der Waals surface area contributed by atoms with Crippen molar-refractivity contribution in [1.29, 1.82) is 0 Å². The van der Waals surface area contributed by atoms with Gasteiger partial charge in [0.05, 0.1) is 4.90 Å². The Morgan fingerprint density at radius 2 is 2.14 bits per heavy atom. The largest absolute Gasteiger partial charge is 0.316 e. The lowest BCUT2D eigenvalue weighted by Crippen LogP contribution is -2.34. The molecule has 0 amide bonds. The molecule has 0 radical (unpaired) electrons. The standard InChI is InChI=1S/C14H22FN3O2S/c1-16-9-11-8-13(4-5-14(11)15)21(19,20)18-7-6-12(10-18)17(2)3/h4-5,8,12,16H,6-7,9-10H2,1-3H3. The van der Waals surface area contributed by atoms with E-state index in [0.717, 1.165) is 6.42 Å². The van der Waals surface area contributed by atoms with Gasteiger partial charge in [-0.15, -0.1) is 0 Å². The fraction of sp³-hybridized carbons (Fsp3) is 0.571. The van der Waals surface area contributed by atoms with E-state index in [9.17, 15) is 12.8 Å². The minimum Gasteiger partial charge on any atom is -0.316 e. The van der Waals surface area contributed by atoms with Crippen molar-refractivity contribution in [2.24, 2.45) is 0 Å². The van der Waals surface area contributed by atoms with Crippen LogP contribution in [0.5, 0.6) is 0 Å². The molecule has 1 saturated heterocycles. The van der Waals surface area contributed by atoms with Crippen LogP contribution in [0.1, 0.15) is 12.0 Å². The van der Waals surface area contributed by atoms with E-state index < -0.39 is 15.8 Å². The molecule has 1 aromatic rings. The van der Waals surface area contributed by atoms with Gasteiger partial charge < -0.3 is 10.2 Å². The zero-order valence-corrected chi connectivity index (χ0v) is 13.5. The van der Waals surface area contributed by atoms with E-state index in [1.165, 1.54) is 22.5 Å². The number of hydrogen-bond acceptors (Lipinski definition) is 4. The number of rotatable bonds is 5. The maximum Gasteiger partial charge on any atom is 0.243 e. The lowest BCUT2D eigenvalue weighted by Gasteiger charge is -2.20. The van der Waals surface area contributed by atoms with Gasteiger partial charge in [0, 0.05) is 31.2 Å². The monoisotopic (exact) mass is 315 g/mol. The number of nitrogens with one attached hydrogen (secondary N) is 1. The third-order valence-electron chi connectivity index (χ3n) is 3.88. The third-order valence-corrected chi connectivity index (χ3v) is 5.74. The van der Waals surface area contributed by atoms with Crippen LogP contribution in [0.3, 0.4) is 0 Å².